The molecule has 0 bridgehead atoms. The Morgan fingerprint density at radius 2 is 1.88 bits per heavy atom. The summed E-state index contributed by atoms with van der Waals surface area (Å²) in [5.74, 6) is 1.29. The average Bonchev–Trinajstić information content (AvgIpc) is 2.66. The number of benzene rings is 2. The first-order valence-corrected chi connectivity index (χ1v) is 8.22. The van der Waals surface area contributed by atoms with Gasteiger partial charge in [0.2, 0.25) is 5.91 Å². The van der Waals surface area contributed by atoms with Crippen LogP contribution in [0.15, 0.2) is 54.9 Å². The SMILES string of the molecule is CCCOc1ccc(NC(=O)CNc2ncnc3ccccc23)cc1. The maximum Gasteiger partial charge on any atom is 0.243 e. The van der Waals surface area contributed by atoms with E-state index in [2.05, 4.69) is 27.5 Å². The van der Waals surface area contributed by atoms with Crippen molar-refractivity contribution >= 4 is 28.3 Å². The molecule has 0 saturated heterocycles. The molecule has 0 radical (unpaired) electrons. The third-order valence-corrected chi connectivity index (χ3v) is 3.57. The number of rotatable bonds is 7. The quantitative estimate of drug-likeness (QED) is 0.691. The van der Waals surface area contributed by atoms with Crippen LogP contribution in [0.2, 0.25) is 0 Å². The predicted octanol–water partition coefficient (Wildman–Crippen LogP) is 3.47. The molecule has 0 spiro atoms. The van der Waals surface area contributed by atoms with Gasteiger partial charge >= 0.3 is 0 Å². The van der Waals surface area contributed by atoms with Gasteiger partial charge in [-0.2, -0.15) is 0 Å². The highest BCUT2D eigenvalue weighted by molar-refractivity contribution is 5.95. The van der Waals surface area contributed by atoms with Crippen LogP contribution in [0.1, 0.15) is 13.3 Å². The molecule has 6 nitrogen and oxygen atoms in total. The van der Waals surface area contributed by atoms with E-state index in [1.54, 1.807) is 0 Å². The molecule has 1 aromatic heterocycles. The van der Waals surface area contributed by atoms with Gasteiger partial charge in [-0.15, -0.1) is 0 Å². The predicted molar refractivity (Wildman–Crippen MR) is 98.9 cm³/mol. The Bertz CT molecular complexity index is 844. The summed E-state index contributed by atoms with van der Waals surface area (Å²) in [5, 5.41) is 6.79. The Morgan fingerprint density at radius 3 is 2.68 bits per heavy atom. The van der Waals surface area contributed by atoms with E-state index >= 15 is 0 Å². The van der Waals surface area contributed by atoms with Gasteiger partial charge in [0, 0.05) is 11.1 Å². The maximum absolute atomic E-state index is 12.1. The van der Waals surface area contributed by atoms with E-state index in [0.29, 0.717) is 12.4 Å². The largest absolute Gasteiger partial charge is 0.494 e. The minimum absolute atomic E-state index is 0.120. The van der Waals surface area contributed by atoms with Gasteiger partial charge in [-0.05, 0) is 42.8 Å². The van der Waals surface area contributed by atoms with Gasteiger partial charge in [0.15, 0.2) is 0 Å². The van der Waals surface area contributed by atoms with Crippen LogP contribution in [0.5, 0.6) is 5.75 Å². The highest BCUT2D eigenvalue weighted by atomic mass is 16.5. The summed E-state index contributed by atoms with van der Waals surface area (Å²) in [4.78, 5) is 20.5. The number of carbonyl (C=O) groups excluding carboxylic acids is 1. The summed E-state index contributed by atoms with van der Waals surface area (Å²) < 4.78 is 5.52. The van der Waals surface area contributed by atoms with Crippen molar-refractivity contribution < 1.29 is 9.53 Å². The maximum atomic E-state index is 12.1. The molecule has 0 aliphatic carbocycles. The number of hydrogen-bond acceptors (Lipinski definition) is 5. The second-order valence-electron chi connectivity index (χ2n) is 5.51. The molecular weight excluding hydrogens is 316 g/mol. The molecule has 25 heavy (non-hydrogen) atoms. The Labute approximate surface area is 146 Å². The molecule has 0 atom stereocenters. The Balaban J connectivity index is 1.57. The third kappa shape index (κ3) is 4.44. The molecule has 0 unspecified atom stereocenters. The van der Waals surface area contributed by atoms with E-state index in [1.807, 2.05) is 48.5 Å². The van der Waals surface area contributed by atoms with Gasteiger partial charge in [0.1, 0.15) is 17.9 Å². The summed E-state index contributed by atoms with van der Waals surface area (Å²) in [6, 6.07) is 15.0. The number of fused-ring (bicyclic) bond motifs is 1. The van der Waals surface area contributed by atoms with E-state index in [-0.39, 0.29) is 12.5 Å². The van der Waals surface area contributed by atoms with E-state index < -0.39 is 0 Å². The number of aromatic nitrogens is 2. The van der Waals surface area contributed by atoms with E-state index in [0.717, 1.165) is 28.8 Å². The molecule has 2 N–H and O–H groups in total. The Hall–Kier alpha value is -3.15. The van der Waals surface area contributed by atoms with Crippen molar-refractivity contribution in [1.29, 1.82) is 0 Å². The molecule has 1 heterocycles. The summed E-state index contributed by atoms with van der Waals surface area (Å²) in [5.41, 5.74) is 1.56. The van der Waals surface area contributed by atoms with Crippen molar-refractivity contribution in [2.24, 2.45) is 0 Å². The summed E-state index contributed by atoms with van der Waals surface area (Å²) in [7, 11) is 0. The summed E-state index contributed by atoms with van der Waals surface area (Å²) >= 11 is 0. The molecule has 0 saturated carbocycles. The highest BCUT2D eigenvalue weighted by Crippen LogP contribution is 2.18. The first-order valence-electron chi connectivity index (χ1n) is 8.22. The number of amides is 1. The van der Waals surface area contributed by atoms with Gasteiger partial charge in [-0.25, -0.2) is 9.97 Å². The van der Waals surface area contributed by atoms with E-state index in [9.17, 15) is 4.79 Å². The van der Waals surface area contributed by atoms with Gasteiger partial charge in [0.25, 0.3) is 0 Å². The second-order valence-corrected chi connectivity index (χ2v) is 5.51. The van der Waals surface area contributed by atoms with Crippen molar-refractivity contribution in [3.05, 3.63) is 54.9 Å². The second kappa shape index (κ2) is 8.10. The van der Waals surface area contributed by atoms with E-state index in [1.165, 1.54) is 6.33 Å². The van der Waals surface area contributed by atoms with Gasteiger partial charge in [-0.3, -0.25) is 4.79 Å². The van der Waals surface area contributed by atoms with Crippen LogP contribution in [0, 0.1) is 0 Å². The van der Waals surface area contributed by atoms with Crippen LogP contribution < -0.4 is 15.4 Å². The molecular formula is C19H20N4O2. The Kier molecular flexibility index (Phi) is 5.41. The fraction of sp³-hybridized carbons (Fsp3) is 0.211. The number of para-hydroxylation sites is 1. The molecule has 3 aromatic rings. The number of carbonyl (C=O) groups is 1. The van der Waals surface area contributed by atoms with Crippen molar-refractivity contribution in [1.82, 2.24) is 9.97 Å². The van der Waals surface area contributed by atoms with Crippen molar-refractivity contribution in [2.45, 2.75) is 13.3 Å². The first kappa shape index (κ1) is 16.7. The van der Waals surface area contributed by atoms with Crippen LogP contribution in [0.4, 0.5) is 11.5 Å². The molecule has 3 rings (SSSR count). The van der Waals surface area contributed by atoms with Crippen LogP contribution >= 0.6 is 0 Å². The number of ether oxygens (including phenoxy) is 1. The lowest BCUT2D eigenvalue weighted by Gasteiger charge is -2.10. The smallest absolute Gasteiger partial charge is 0.243 e. The third-order valence-electron chi connectivity index (χ3n) is 3.57. The van der Waals surface area contributed by atoms with Crippen LogP contribution in [0.3, 0.4) is 0 Å². The molecule has 0 aliphatic heterocycles. The van der Waals surface area contributed by atoms with E-state index in [4.69, 9.17) is 4.74 Å². The molecule has 1 amide bonds. The minimum Gasteiger partial charge on any atom is -0.494 e. The van der Waals surface area contributed by atoms with Gasteiger partial charge < -0.3 is 15.4 Å². The lowest BCUT2D eigenvalue weighted by molar-refractivity contribution is -0.114. The van der Waals surface area contributed by atoms with Crippen LogP contribution in [0.25, 0.3) is 10.9 Å². The monoisotopic (exact) mass is 336 g/mol. The molecule has 0 aliphatic rings. The van der Waals surface area contributed by atoms with Crippen LogP contribution in [-0.2, 0) is 4.79 Å². The molecule has 0 fully saturated rings. The van der Waals surface area contributed by atoms with Crippen molar-refractivity contribution in [3.8, 4) is 5.75 Å². The molecule has 128 valence electrons. The van der Waals surface area contributed by atoms with Gasteiger partial charge in [-0.1, -0.05) is 19.1 Å². The first-order chi connectivity index (χ1) is 12.3. The number of hydrogen-bond donors (Lipinski definition) is 2. The zero-order valence-electron chi connectivity index (χ0n) is 14.0. The van der Waals surface area contributed by atoms with Crippen LogP contribution in [-0.4, -0.2) is 29.0 Å². The fourth-order valence-corrected chi connectivity index (χ4v) is 2.37. The summed E-state index contributed by atoms with van der Waals surface area (Å²) in [6.07, 6.45) is 2.44. The Morgan fingerprint density at radius 1 is 1.08 bits per heavy atom. The van der Waals surface area contributed by atoms with Gasteiger partial charge in [0.05, 0.1) is 18.7 Å². The molecule has 2 aromatic carbocycles. The zero-order chi connectivity index (χ0) is 17.5. The minimum atomic E-state index is -0.148. The molecule has 6 heteroatoms. The zero-order valence-corrected chi connectivity index (χ0v) is 14.0. The fourth-order valence-electron chi connectivity index (χ4n) is 2.37. The number of nitrogens with zero attached hydrogens (tertiary/aromatic N) is 2. The van der Waals surface area contributed by atoms with Crippen molar-refractivity contribution in [3.63, 3.8) is 0 Å². The average molecular weight is 336 g/mol. The summed E-state index contributed by atoms with van der Waals surface area (Å²) in [6.45, 7) is 2.86. The standard InChI is InChI=1S/C19H20N4O2/c1-2-11-25-15-9-7-14(8-10-15)23-18(24)12-20-19-16-5-3-4-6-17(16)21-13-22-19/h3-10,13H,2,11-12H2,1H3,(H,23,24)(H,20,21,22). The lowest BCUT2D eigenvalue weighted by Crippen LogP contribution is -2.22. The number of nitrogens with one attached hydrogen (secondary N) is 2. The lowest BCUT2D eigenvalue weighted by atomic mass is 10.2. The highest BCUT2D eigenvalue weighted by Gasteiger charge is 2.06. The normalized spacial score (nSPS) is 10.4. The number of anilines is 2. The topological polar surface area (TPSA) is 76.1 Å². The van der Waals surface area contributed by atoms with Crippen molar-refractivity contribution in [2.75, 3.05) is 23.8 Å².